The van der Waals surface area contributed by atoms with Crippen LogP contribution in [0.5, 0.6) is 0 Å². The number of carboxylic acid groups (broad SMARTS) is 1. The van der Waals surface area contributed by atoms with E-state index in [9.17, 15) is 14.4 Å². The summed E-state index contributed by atoms with van der Waals surface area (Å²) in [5, 5.41) is 8.83. The van der Waals surface area contributed by atoms with Gasteiger partial charge in [0.25, 0.3) is 0 Å². The summed E-state index contributed by atoms with van der Waals surface area (Å²) in [7, 11) is 0. The Labute approximate surface area is 101 Å². The van der Waals surface area contributed by atoms with Crippen molar-refractivity contribution in [3.05, 3.63) is 20.2 Å². The van der Waals surface area contributed by atoms with Crippen molar-refractivity contribution in [3.8, 4) is 0 Å². The fourth-order valence-electron chi connectivity index (χ4n) is 1.37. The van der Waals surface area contributed by atoms with E-state index in [2.05, 4.69) is 0 Å². The molecule has 17 heavy (non-hydrogen) atoms. The van der Waals surface area contributed by atoms with Crippen LogP contribution in [0.25, 0.3) is 0 Å². The minimum atomic E-state index is -1.13. The standard InChI is InChI=1S/C10H13NO5S/c1-3-16-7(12)4-5-11-6(2)8(9(13)14)17-10(11)15/h3-5H2,1-2H3,(H,13,14). The summed E-state index contributed by atoms with van der Waals surface area (Å²) in [6.45, 7) is 3.68. The van der Waals surface area contributed by atoms with E-state index >= 15 is 0 Å². The number of aromatic nitrogens is 1. The number of thiazole rings is 1. The Bertz CT molecular complexity index is 487. The van der Waals surface area contributed by atoms with Gasteiger partial charge in [0, 0.05) is 12.2 Å². The number of hydrogen-bond donors (Lipinski definition) is 1. The van der Waals surface area contributed by atoms with E-state index in [0.717, 1.165) is 0 Å². The van der Waals surface area contributed by atoms with E-state index in [0.29, 0.717) is 17.0 Å². The first kappa shape index (κ1) is 13.4. The SMILES string of the molecule is CCOC(=O)CCn1c(C)c(C(=O)O)sc1=O. The minimum Gasteiger partial charge on any atom is -0.477 e. The molecule has 0 aliphatic rings. The number of rotatable bonds is 5. The average Bonchev–Trinajstić information content (AvgIpc) is 2.52. The molecular formula is C10H13NO5S. The van der Waals surface area contributed by atoms with Crippen molar-refractivity contribution in [2.45, 2.75) is 26.8 Å². The number of carboxylic acids is 1. The van der Waals surface area contributed by atoms with Gasteiger partial charge in [-0.25, -0.2) is 4.79 Å². The molecule has 1 heterocycles. The molecule has 1 rings (SSSR count). The maximum absolute atomic E-state index is 11.5. The Morgan fingerprint density at radius 1 is 1.47 bits per heavy atom. The van der Waals surface area contributed by atoms with Crippen molar-refractivity contribution in [3.63, 3.8) is 0 Å². The van der Waals surface area contributed by atoms with Gasteiger partial charge < -0.3 is 14.4 Å². The zero-order chi connectivity index (χ0) is 13.0. The summed E-state index contributed by atoms with van der Waals surface area (Å²) in [6.07, 6.45) is 0.0599. The van der Waals surface area contributed by atoms with E-state index in [4.69, 9.17) is 9.84 Å². The molecule has 0 fully saturated rings. The molecule has 0 unspecified atom stereocenters. The Balaban J connectivity index is 2.82. The Kier molecular flexibility index (Phi) is 4.45. The molecule has 0 saturated heterocycles. The van der Waals surface area contributed by atoms with E-state index < -0.39 is 11.9 Å². The second-order valence-corrected chi connectivity index (χ2v) is 4.26. The third kappa shape index (κ3) is 3.16. The fraction of sp³-hybridized carbons (Fsp3) is 0.500. The van der Waals surface area contributed by atoms with Gasteiger partial charge in [0.2, 0.25) is 0 Å². The molecule has 0 aliphatic heterocycles. The smallest absolute Gasteiger partial charge is 0.347 e. The third-order valence-electron chi connectivity index (χ3n) is 2.18. The Hall–Kier alpha value is -1.63. The third-order valence-corrected chi connectivity index (χ3v) is 3.25. The van der Waals surface area contributed by atoms with Gasteiger partial charge in [-0.1, -0.05) is 11.3 Å². The van der Waals surface area contributed by atoms with Gasteiger partial charge in [-0.3, -0.25) is 9.59 Å². The Morgan fingerprint density at radius 3 is 2.59 bits per heavy atom. The lowest BCUT2D eigenvalue weighted by atomic mass is 10.3. The first-order valence-corrected chi connectivity index (χ1v) is 5.88. The van der Waals surface area contributed by atoms with Crippen LogP contribution < -0.4 is 4.87 Å². The van der Waals surface area contributed by atoms with Crippen LogP contribution in [0.1, 0.15) is 28.7 Å². The molecule has 1 aromatic heterocycles. The van der Waals surface area contributed by atoms with Crippen LogP contribution in [0, 0.1) is 6.92 Å². The molecule has 0 aromatic carbocycles. The van der Waals surface area contributed by atoms with Crippen molar-refractivity contribution in [2.75, 3.05) is 6.61 Å². The number of carbonyl (C=O) groups is 2. The van der Waals surface area contributed by atoms with Gasteiger partial charge >= 0.3 is 16.8 Å². The molecule has 6 nitrogen and oxygen atoms in total. The summed E-state index contributed by atoms with van der Waals surface area (Å²) in [5.74, 6) is -1.53. The van der Waals surface area contributed by atoms with Crippen molar-refractivity contribution in [2.24, 2.45) is 0 Å². The summed E-state index contributed by atoms with van der Waals surface area (Å²) in [5.41, 5.74) is 0.372. The highest BCUT2D eigenvalue weighted by atomic mass is 32.1. The number of nitrogens with zero attached hydrogens (tertiary/aromatic N) is 1. The van der Waals surface area contributed by atoms with Crippen LogP contribution in [0.4, 0.5) is 0 Å². The fourth-order valence-corrected chi connectivity index (χ4v) is 2.23. The van der Waals surface area contributed by atoms with Gasteiger partial charge in [0.05, 0.1) is 13.0 Å². The van der Waals surface area contributed by atoms with Crippen molar-refractivity contribution >= 4 is 23.3 Å². The molecule has 0 atom stereocenters. The maximum atomic E-state index is 11.5. The molecule has 0 aliphatic carbocycles. The quantitative estimate of drug-likeness (QED) is 0.793. The van der Waals surface area contributed by atoms with Crippen molar-refractivity contribution in [1.82, 2.24) is 4.57 Å². The molecule has 94 valence electrons. The number of aromatic carboxylic acids is 1. The van der Waals surface area contributed by atoms with Crippen LogP contribution in [-0.2, 0) is 16.1 Å². The predicted octanol–water partition coefficient (Wildman–Crippen LogP) is 0.870. The minimum absolute atomic E-state index is 0.0128. The van der Waals surface area contributed by atoms with Gasteiger partial charge in [0.15, 0.2) is 0 Å². The average molecular weight is 259 g/mol. The number of hydrogen-bond acceptors (Lipinski definition) is 5. The summed E-state index contributed by atoms with van der Waals surface area (Å²) < 4.78 is 6.01. The normalized spacial score (nSPS) is 10.2. The summed E-state index contributed by atoms with van der Waals surface area (Å²) >= 11 is 0.670. The van der Waals surface area contributed by atoms with Gasteiger partial charge in [-0.15, -0.1) is 0 Å². The number of carbonyl (C=O) groups excluding carboxylic acids is 1. The summed E-state index contributed by atoms with van der Waals surface area (Å²) in [4.78, 5) is 33.1. The summed E-state index contributed by atoms with van der Waals surface area (Å²) in [6, 6.07) is 0. The molecule has 0 radical (unpaired) electrons. The first-order chi connectivity index (χ1) is 7.97. The van der Waals surface area contributed by atoms with E-state index in [1.807, 2.05) is 0 Å². The van der Waals surface area contributed by atoms with Crippen LogP contribution >= 0.6 is 11.3 Å². The monoisotopic (exact) mass is 259 g/mol. The van der Waals surface area contributed by atoms with Crippen LogP contribution in [-0.4, -0.2) is 28.2 Å². The zero-order valence-electron chi connectivity index (χ0n) is 9.56. The Morgan fingerprint density at radius 2 is 2.12 bits per heavy atom. The highest BCUT2D eigenvalue weighted by Gasteiger charge is 2.17. The topological polar surface area (TPSA) is 85.6 Å². The molecule has 0 spiro atoms. The van der Waals surface area contributed by atoms with Crippen LogP contribution in [0.3, 0.4) is 0 Å². The van der Waals surface area contributed by atoms with E-state index in [-0.39, 0.29) is 29.3 Å². The molecule has 0 amide bonds. The van der Waals surface area contributed by atoms with E-state index in [1.165, 1.54) is 4.57 Å². The van der Waals surface area contributed by atoms with Crippen LogP contribution in [0.15, 0.2) is 4.79 Å². The predicted molar refractivity (Wildman–Crippen MR) is 61.5 cm³/mol. The zero-order valence-corrected chi connectivity index (χ0v) is 10.4. The van der Waals surface area contributed by atoms with Gasteiger partial charge in [-0.05, 0) is 13.8 Å². The highest BCUT2D eigenvalue weighted by molar-refractivity contribution is 7.11. The lowest BCUT2D eigenvalue weighted by Crippen LogP contribution is -2.18. The molecular weight excluding hydrogens is 246 g/mol. The second kappa shape index (κ2) is 5.62. The van der Waals surface area contributed by atoms with E-state index in [1.54, 1.807) is 13.8 Å². The molecule has 7 heteroatoms. The lowest BCUT2D eigenvalue weighted by molar-refractivity contribution is -0.143. The number of esters is 1. The molecule has 0 saturated carbocycles. The number of ether oxygens (including phenoxy) is 1. The molecule has 1 N–H and O–H groups in total. The van der Waals surface area contributed by atoms with Gasteiger partial charge in [-0.2, -0.15) is 0 Å². The van der Waals surface area contributed by atoms with Crippen molar-refractivity contribution < 1.29 is 19.4 Å². The second-order valence-electron chi connectivity index (χ2n) is 3.29. The molecule has 0 bridgehead atoms. The van der Waals surface area contributed by atoms with Crippen LogP contribution in [0.2, 0.25) is 0 Å². The molecule has 1 aromatic rings. The van der Waals surface area contributed by atoms with Crippen molar-refractivity contribution in [1.29, 1.82) is 0 Å². The largest absolute Gasteiger partial charge is 0.477 e. The first-order valence-electron chi connectivity index (χ1n) is 5.06. The van der Waals surface area contributed by atoms with Gasteiger partial charge in [0.1, 0.15) is 4.88 Å². The highest BCUT2D eigenvalue weighted by Crippen LogP contribution is 2.11. The lowest BCUT2D eigenvalue weighted by Gasteiger charge is -2.04. The maximum Gasteiger partial charge on any atom is 0.347 e.